The van der Waals surface area contributed by atoms with E-state index in [-0.39, 0.29) is 11.7 Å². The van der Waals surface area contributed by atoms with Gasteiger partial charge in [-0.25, -0.2) is 4.57 Å². The van der Waals surface area contributed by atoms with Crippen LogP contribution in [0, 0.1) is 0 Å². The summed E-state index contributed by atoms with van der Waals surface area (Å²) in [6.07, 6.45) is 1.75. The van der Waals surface area contributed by atoms with E-state index >= 15 is 0 Å². The third-order valence-electron chi connectivity index (χ3n) is 5.97. The largest absolute Gasteiger partial charge is 0.508 e. The minimum Gasteiger partial charge on any atom is -0.508 e. The zero-order chi connectivity index (χ0) is 20.5. The van der Waals surface area contributed by atoms with Crippen LogP contribution >= 0.6 is 0 Å². The molecule has 1 saturated heterocycles. The molecule has 0 bridgehead atoms. The van der Waals surface area contributed by atoms with Gasteiger partial charge in [0.1, 0.15) is 43.2 Å². The van der Waals surface area contributed by atoms with E-state index in [0.717, 1.165) is 56.1 Å². The maximum Gasteiger partial charge on any atom is 0.306 e. The second-order valence-corrected chi connectivity index (χ2v) is 7.82. The fraction of sp³-hybridized carbons (Fsp3) is 0.304. The van der Waals surface area contributed by atoms with Crippen molar-refractivity contribution in [3.63, 3.8) is 0 Å². The van der Waals surface area contributed by atoms with Gasteiger partial charge in [0, 0.05) is 11.6 Å². The molecule has 2 aliphatic rings. The van der Waals surface area contributed by atoms with Gasteiger partial charge in [0.05, 0.1) is 19.1 Å². The number of aromatic nitrogens is 2. The summed E-state index contributed by atoms with van der Waals surface area (Å²) in [6.45, 7) is 5.42. The first-order chi connectivity index (χ1) is 14.7. The molecular weight excluding hydrogens is 380 g/mol. The molecule has 1 aromatic heterocycles. The van der Waals surface area contributed by atoms with Crippen molar-refractivity contribution in [3.8, 4) is 17.4 Å². The molecule has 3 heterocycles. The highest BCUT2D eigenvalue weighted by Gasteiger charge is 2.36. The molecule has 3 aromatic rings. The van der Waals surface area contributed by atoms with E-state index in [4.69, 9.17) is 15.2 Å². The van der Waals surface area contributed by atoms with Gasteiger partial charge in [-0.1, -0.05) is 41.4 Å². The van der Waals surface area contributed by atoms with Gasteiger partial charge < -0.3 is 25.2 Å². The first-order valence-electron chi connectivity index (χ1n) is 10.4. The van der Waals surface area contributed by atoms with Crippen molar-refractivity contribution in [1.82, 2.24) is 4.98 Å². The minimum absolute atomic E-state index is 0.110. The first-order valence-corrected chi connectivity index (χ1v) is 10.4. The Balaban J connectivity index is 1.54. The number of nitrogens with zero attached hydrogens (tertiary/aromatic N) is 2. The number of rotatable bonds is 4. The van der Waals surface area contributed by atoms with E-state index in [1.807, 2.05) is 28.8 Å². The van der Waals surface area contributed by atoms with Crippen LogP contribution in [0.2, 0.25) is 0 Å². The minimum atomic E-state index is -0.110. The number of fused-ring (bicyclic) bond motifs is 2. The van der Waals surface area contributed by atoms with Crippen LogP contribution in [0.1, 0.15) is 22.6 Å². The number of hydrogen-bond donors (Lipinski definition) is 3. The summed E-state index contributed by atoms with van der Waals surface area (Å²) in [4.78, 5) is 6.11. The Morgan fingerprint density at radius 3 is 2.73 bits per heavy atom. The van der Waals surface area contributed by atoms with Crippen LogP contribution in [0.3, 0.4) is 0 Å². The lowest BCUT2D eigenvalue weighted by Crippen LogP contribution is -3.14. The van der Waals surface area contributed by atoms with E-state index in [1.165, 1.54) is 4.90 Å². The molecule has 1 atom stereocenters. The second kappa shape index (κ2) is 7.93. The topological polar surface area (TPSA) is 85.9 Å². The van der Waals surface area contributed by atoms with Gasteiger partial charge >= 0.3 is 5.88 Å². The Kier molecular flexibility index (Phi) is 4.98. The quantitative estimate of drug-likeness (QED) is 0.438. The van der Waals surface area contributed by atoms with Crippen molar-refractivity contribution in [2.45, 2.75) is 12.5 Å². The van der Waals surface area contributed by atoms with E-state index in [0.29, 0.717) is 17.4 Å². The van der Waals surface area contributed by atoms with Gasteiger partial charge in [0.2, 0.25) is 12.1 Å². The Morgan fingerprint density at radius 2 is 1.93 bits per heavy atom. The van der Waals surface area contributed by atoms with Crippen LogP contribution in [0.25, 0.3) is 0 Å². The zero-order valence-corrected chi connectivity index (χ0v) is 16.8. The van der Waals surface area contributed by atoms with Crippen molar-refractivity contribution in [2.75, 3.05) is 38.6 Å². The van der Waals surface area contributed by atoms with Gasteiger partial charge in [0.15, 0.2) is 0 Å². The molecule has 2 aromatic carbocycles. The van der Waals surface area contributed by atoms with Crippen LogP contribution in [-0.4, -0.2) is 42.9 Å². The number of nitrogens with two attached hydrogens (primary N) is 1. The monoisotopic (exact) mass is 406 g/mol. The smallest absolute Gasteiger partial charge is 0.306 e. The van der Waals surface area contributed by atoms with Crippen molar-refractivity contribution in [3.05, 3.63) is 71.5 Å². The summed E-state index contributed by atoms with van der Waals surface area (Å²) in [5, 5.41) is 9.95. The molecule has 1 fully saturated rings. The molecule has 30 heavy (non-hydrogen) atoms. The van der Waals surface area contributed by atoms with Gasteiger partial charge in [-0.2, -0.15) is 0 Å². The number of nitrogens with one attached hydrogen (secondary N) is 1. The molecule has 0 saturated carbocycles. The van der Waals surface area contributed by atoms with Crippen LogP contribution in [0.15, 0.2) is 54.9 Å². The molecule has 0 aliphatic carbocycles. The summed E-state index contributed by atoms with van der Waals surface area (Å²) in [5.74, 6) is 1.83. The number of phenolic OH excluding ortho intramolecular Hbond substituents is 1. The van der Waals surface area contributed by atoms with Gasteiger partial charge in [-0.05, 0) is 11.6 Å². The lowest BCUT2D eigenvalue weighted by molar-refractivity contribution is -0.925. The number of morpholine rings is 1. The summed E-state index contributed by atoms with van der Waals surface area (Å²) >= 11 is 0. The lowest BCUT2D eigenvalue weighted by Gasteiger charge is -2.27. The van der Waals surface area contributed by atoms with E-state index in [9.17, 15) is 5.11 Å². The number of aromatic hydroxyl groups is 1. The van der Waals surface area contributed by atoms with Crippen LogP contribution in [0.4, 0.5) is 5.82 Å². The summed E-state index contributed by atoms with van der Waals surface area (Å²) in [5.41, 5.74) is 9.65. The van der Waals surface area contributed by atoms with Gasteiger partial charge in [-0.15, -0.1) is 0 Å². The first kappa shape index (κ1) is 18.8. The van der Waals surface area contributed by atoms with E-state index < -0.39 is 0 Å². The van der Waals surface area contributed by atoms with Crippen molar-refractivity contribution < 1.29 is 24.0 Å². The number of benzene rings is 2. The molecule has 7 heteroatoms. The highest BCUT2D eigenvalue weighted by Crippen LogP contribution is 2.48. The molecule has 0 unspecified atom stereocenters. The molecular formula is C23H26N4O3+2. The highest BCUT2D eigenvalue weighted by molar-refractivity contribution is 5.62. The van der Waals surface area contributed by atoms with Crippen molar-refractivity contribution >= 4 is 5.82 Å². The molecule has 0 spiro atoms. The van der Waals surface area contributed by atoms with Gasteiger partial charge in [0.25, 0.3) is 0 Å². The average Bonchev–Trinajstić information content (AvgIpc) is 2.78. The van der Waals surface area contributed by atoms with Crippen LogP contribution < -0.4 is 19.9 Å². The Hall–Kier alpha value is -3.16. The average molecular weight is 406 g/mol. The predicted octanol–water partition coefficient (Wildman–Crippen LogP) is 0.858. The SMILES string of the molecule is Nc1c2c(nc[n+]1CC[NH+]1CCOCC1)Oc1cc(O)ccc1[C@H]2c1ccccc1. The Bertz CT molecular complexity index is 1050. The summed E-state index contributed by atoms with van der Waals surface area (Å²) in [7, 11) is 0. The third-order valence-corrected chi connectivity index (χ3v) is 5.97. The number of quaternary nitrogens is 1. The lowest BCUT2D eigenvalue weighted by atomic mass is 9.83. The Labute approximate surface area is 175 Å². The molecule has 0 amide bonds. The van der Waals surface area contributed by atoms with Gasteiger partial charge in [-0.3, -0.25) is 0 Å². The van der Waals surface area contributed by atoms with Crippen LogP contribution in [0.5, 0.6) is 17.4 Å². The molecule has 7 nitrogen and oxygen atoms in total. The van der Waals surface area contributed by atoms with Crippen LogP contribution in [-0.2, 0) is 11.3 Å². The zero-order valence-electron chi connectivity index (χ0n) is 16.8. The van der Waals surface area contributed by atoms with E-state index in [2.05, 4.69) is 17.1 Å². The number of anilines is 1. The molecule has 154 valence electrons. The van der Waals surface area contributed by atoms with Crippen molar-refractivity contribution in [2.24, 2.45) is 0 Å². The maximum atomic E-state index is 9.95. The van der Waals surface area contributed by atoms with E-state index in [1.54, 1.807) is 18.5 Å². The third kappa shape index (κ3) is 3.46. The fourth-order valence-electron chi connectivity index (χ4n) is 4.34. The summed E-state index contributed by atoms with van der Waals surface area (Å²) in [6, 6.07) is 15.4. The fourth-order valence-corrected chi connectivity index (χ4v) is 4.34. The maximum absolute atomic E-state index is 9.95. The predicted molar refractivity (Wildman–Crippen MR) is 111 cm³/mol. The number of ether oxygens (including phenoxy) is 2. The summed E-state index contributed by atoms with van der Waals surface area (Å²) < 4.78 is 13.5. The number of phenols is 1. The molecule has 2 aliphatic heterocycles. The Morgan fingerprint density at radius 1 is 1.13 bits per heavy atom. The number of nitrogen functional groups attached to an aromatic ring is 1. The second-order valence-electron chi connectivity index (χ2n) is 7.82. The molecule has 4 N–H and O–H groups in total. The van der Waals surface area contributed by atoms with Crippen molar-refractivity contribution in [1.29, 1.82) is 0 Å². The molecule has 0 radical (unpaired) electrons. The normalized spacial score (nSPS) is 18.3. The molecule has 5 rings (SSSR count). The number of hydrogen-bond acceptors (Lipinski definition) is 5. The highest BCUT2D eigenvalue weighted by atomic mass is 16.5. The standard InChI is InChI=1S/C23H24N4O3/c24-22-21-20(16-4-2-1-3-5-16)18-7-6-17(28)14-19(18)30-23(21)25-15-27(22)9-8-26-10-12-29-13-11-26/h1-7,14-15,20,24,28H,8-13H2/p+2/t20-/m1/s1.